The number of carbonyl (C=O) groups excluding carboxylic acids is 1. The number of carbonyl (C=O) groups is 2. The van der Waals surface area contributed by atoms with Crippen molar-refractivity contribution in [3.63, 3.8) is 0 Å². The van der Waals surface area contributed by atoms with Gasteiger partial charge < -0.3 is 9.67 Å². The predicted molar refractivity (Wildman–Crippen MR) is 117 cm³/mol. The Morgan fingerprint density at radius 3 is 2.37 bits per heavy atom. The molecule has 30 heavy (non-hydrogen) atoms. The van der Waals surface area contributed by atoms with Gasteiger partial charge >= 0.3 is 5.97 Å². The van der Waals surface area contributed by atoms with Crippen molar-refractivity contribution in [3.05, 3.63) is 101 Å². The SMILES string of the molecule is O=C(O)c1ccc(NNC(=O)c2cccc3ccn(Cc4ccc(Cl)cc4)c23)cc1. The predicted octanol–water partition coefficient (Wildman–Crippen LogP) is 4.80. The second-order valence-electron chi connectivity index (χ2n) is 6.78. The first kappa shape index (κ1) is 19.5. The molecule has 7 heteroatoms. The number of para-hydroxylation sites is 1. The minimum Gasteiger partial charge on any atom is -0.478 e. The molecule has 150 valence electrons. The molecule has 4 rings (SSSR count). The molecule has 4 aromatic rings. The van der Waals surface area contributed by atoms with Crippen LogP contribution in [-0.2, 0) is 6.54 Å². The number of hydrogen-bond acceptors (Lipinski definition) is 3. The molecule has 0 aliphatic carbocycles. The van der Waals surface area contributed by atoms with Gasteiger partial charge in [-0.2, -0.15) is 0 Å². The summed E-state index contributed by atoms with van der Waals surface area (Å²) in [5.74, 6) is -1.29. The molecule has 1 amide bonds. The number of carboxylic acid groups (broad SMARTS) is 1. The highest BCUT2D eigenvalue weighted by molar-refractivity contribution is 6.30. The Kier molecular flexibility index (Phi) is 5.41. The first-order chi connectivity index (χ1) is 14.5. The molecule has 0 radical (unpaired) electrons. The fourth-order valence-corrected chi connectivity index (χ4v) is 3.38. The number of amides is 1. The number of nitrogens with zero attached hydrogens (tertiary/aromatic N) is 1. The van der Waals surface area contributed by atoms with Crippen LogP contribution in [0.15, 0.2) is 79.0 Å². The number of aromatic carboxylic acids is 1. The summed E-state index contributed by atoms with van der Waals surface area (Å²) < 4.78 is 2.02. The zero-order valence-corrected chi connectivity index (χ0v) is 16.6. The largest absolute Gasteiger partial charge is 0.478 e. The zero-order valence-electron chi connectivity index (χ0n) is 15.8. The van der Waals surface area contributed by atoms with E-state index in [0.29, 0.717) is 22.8 Å². The summed E-state index contributed by atoms with van der Waals surface area (Å²) >= 11 is 5.97. The molecule has 0 bridgehead atoms. The van der Waals surface area contributed by atoms with Crippen molar-refractivity contribution in [1.82, 2.24) is 9.99 Å². The average Bonchev–Trinajstić information content (AvgIpc) is 3.17. The third-order valence-electron chi connectivity index (χ3n) is 4.75. The van der Waals surface area contributed by atoms with Crippen LogP contribution in [0.3, 0.4) is 0 Å². The number of benzene rings is 3. The number of anilines is 1. The van der Waals surface area contributed by atoms with Crippen molar-refractivity contribution >= 4 is 40.1 Å². The van der Waals surface area contributed by atoms with E-state index in [9.17, 15) is 9.59 Å². The van der Waals surface area contributed by atoms with Crippen LogP contribution in [0.25, 0.3) is 10.9 Å². The quantitative estimate of drug-likeness (QED) is 0.392. The lowest BCUT2D eigenvalue weighted by Gasteiger charge is -2.12. The van der Waals surface area contributed by atoms with Crippen molar-refractivity contribution in [2.45, 2.75) is 6.54 Å². The van der Waals surface area contributed by atoms with Gasteiger partial charge in [-0.05, 0) is 54.1 Å². The highest BCUT2D eigenvalue weighted by atomic mass is 35.5. The standard InChI is InChI=1S/C23H18ClN3O3/c24-18-8-4-15(5-9-18)14-27-13-12-16-2-1-3-20(21(16)27)22(28)26-25-19-10-6-17(7-11-19)23(29)30/h1-13,25H,14H2,(H,26,28)(H,29,30). The molecule has 3 aromatic carbocycles. The maximum Gasteiger partial charge on any atom is 0.335 e. The van der Waals surface area contributed by atoms with Gasteiger partial charge in [-0.25, -0.2) is 4.79 Å². The number of rotatable bonds is 6. The molecular formula is C23H18ClN3O3. The summed E-state index contributed by atoms with van der Waals surface area (Å²) in [4.78, 5) is 23.8. The Bertz CT molecular complexity index is 1210. The Labute approximate surface area is 177 Å². The number of hydrazine groups is 1. The monoisotopic (exact) mass is 419 g/mol. The van der Waals surface area contributed by atoms with E-state index < -0.39 is 5.97 Å². The minimum atomic E-state index is -1.00. The van der Waals surface area contributed by atoms with Crippen LogP contribution in [-0.4, -0.2) is 21.6 Å². The molecule has 0 saturated carbocycles. The van der Waals surface area contributed by atoms with Gasteiger partial charge in [0.2, 0.25) is 0 Å². The number of halogens is 1. The third kappa shape index (κ3) is 4.14. The summed E-state index contributed by atoms with van der Waals surface area (Å²) in [6, 6.07) is 21.3. The van der Waals surface area contributed by atoms with Crippen molar-refractivity contribution < 1.29 is 14.7 Å². The van der Waals surface area contributed by atoms with E-state index in [4.69, 9.17) is 16.7 Å². The van der Waals surface area contributed by atoms with Crippen molar-refractivity contribution in [1.29, 1.82) is 0 Å². The van der Waals surface area contributed by atoms with E-state index in [1.807, 2.05) is 53.2 Å². The van der Waals surface area contributed by atoms with Crippen molar-refractivity contribution in [2.24, 2.45) is 0 Å². The number of hydrogen-bond donors (Lipinski definition) is 3. The normalized spacial score (nSPS) is 10.7. The number of carboxylic acids is 1. The molecule has 0 aliphatic heterocycles. The second-order valence-corrected chi connectivity index (χ2v) is 7.21. The first-order valence-electron chi connectivity index (χ1n) is 9.23. The lowest BCUT2D eigenvalue weighted by molar-refractivity contribution is 0.0696. The Balaban J connectivity index is 1.55. The molecule has 0 spiro atoms. The van der Waals surface area contributed by atoms with Crippen LogP contribution in [0.1, 0.15) is 26.3 Å². The van der Waals surface area contributed by atoms with Crippen LogP contribution in [0.2, 0.25) is 5.02 Å². The van der Waals surface area contributed by atoms with Gasteiger partial charge in [0, 0.05) is 23.2 Å². The summed E-state index contributed by atoms with van der Waals surface area (Å²) in [6.45, 7) is 0.606. The van der Waals surface area contributed by atoms with Gasteiger partial charge in [-0.1, -0.05) is 35.9 Å². The van der Waals surface area contributed by atoms with E-state index in [2.05, 4.69) is 10.9 Å². The fraction of sp³-hybridized carbons (Fsp3) is 0.0435. The molecule has 1 heterocycles. The lowest BCUT2D eigenvalue weighted by atomic mass is 10.1. The van der Waals surface area contributed by atoms with Gasteiger partial charge in [-0.3, -0.25) is 15.6 Å². The van der Waals surface area contributed by atoms with Crippen molar-refractivity contribution in [3.8, 4) is 0 Å². The van der Waals surface area contributed by atoms with Gasteiger partial charge in [0.1, 0.15) is 0 Å². The Hall–Kier alpha value is -3.77. The smallest absolute Gasteiger partial charge is 0.335 e. The first-order valence-corrected chi connectivity index (χ1v) is 9.61. The summed E-state index contributed by atoms with van der Waals surface area (Å²) in [7, 11) is 0. The van der Waals surface area contributed by atoms with E-state index in [0.717, 1.165) is 16.5 Å². The molecule has 6 nitrogen and oxygen atoms in total. The topological polar surface area (TPSA) is 83.4 Å². The maximum atomic E-state index is 12.9. The number of nitrogens with one attached hydrogen (secondary N) is 2. The number of fused-ring (bicyclic) bond motifs is 1. The number of aromatic nitrogens is 1. The van der Waals surface area contributed by atoms with E-state index in [-0.39, 0.29) is 11.5 Å². The molecule has 3 N–H and O–H groups in total. The molecule has 1 aromatic heterocycles. The van der Waals surface area contributed by atoms with E-state index in [1.54, 1.807) is 18.2 Å². The summed E-state index contributed by atoms with van der Waals surface area (Å²) in [6.07, 6.45) is 1.95. The zero-order chi connectivity index (χ0) is 21.1. The van der Waals surface area contributed by atoms with Crippen LogP contribution in [0.5, 0.6) is 0 Å². The van der Waals surface area contributed by atoms with Crippen LogP contribution in [0.4, 0.5) is 5.69 Å². The van der Waals surface area contributed by atoms with Crippen LogP contribution >= 0.6 is 11.6 Å². The van der Waals surface area contributed by atoms with Gasteiger partial charge in [0.25, 0.3) is 5.91 Å². The lowest BCUT2D eigenvalue weighted by Crippen LogP contribution is -2.29. The molecule has 0 atom stereocenters. The highest BCUT2D eigenvalue weighted by Gasteiger charge is 2.14. The van der Waals surface area contributed by atoms with Crippen LogP contribution < -0.4 is 10.9 Å². The van der Waals surface area contributed by atoms with E-state index in [1.165, 1.54) is 12.1 Å². The summed E-state index contributed by atoms with van der Waals surface area (Å²) in [5, 5.41) is 10.6. The Morgan fingerprint density at radius 2 is 1.67 bits per heavy atom. The average molecular weight is 420 g/mol. The van der Waals surface area contributed by atoms with Gasteiger partial charge in [-0.15, -0.1) is 0 Å². The Morgan fingerprint density at radius 1 is 0.933 bits per heavy atom. The third-order valence-corrected chi connectivity index (χ3v) is 5.00. The van der Waals surface area contributed by atoms with Gasteiger partial charge in [0.15, 0.2) is 0 Å². The highest BCUT2D eigenvalue weighted by Crippen LogP contribution is 2.22. The summed E-state index contributed by atoms with van der Waals surface area (Å²) in [5.41, 5.74) is 8.69. The van der Waals surface area contributed by atoms with Crippen LogP contribution in [0, 0.1) is 0 Å². The fourth-order valence-electron chi connectivity index (χ4n) is 3.26. The molecule has 0 aliphatic rings. The molecular weight excluding hydrogens is 402 g/mol. The molecule has 0 saturated heterocycles. The maximum absolute atomic E-state index is 12.9. The minimum absolute atomic E-state index is 0.177. The van der Waals surface area contributed by atoms with Crippen molar-refractivity contribution in [2.75, 3.05) is 5.43 Å². The second kappa shape index (κ2) is 8.31. The van der Waals surface area contributed by atoms with E-state index >= 15 is 0 Å². The molecule has 0 fully saturated rings. The molecule has 0 unspecified atom stereocenters. The van der Waals surface area contributed by atoms with Gasteiger partial charge in [0.05, 0.1) is 22.3 Å².